The van der Waals surface area contributed by atoms with Crippen LogP contribution in [0.3, 0.4) is 0 Å². The number of nitrogens with zero attached hydrogens (tertiary/aromatic N) is 2. The Kier molecular flexibility index (Phi) is 3.80. The van der Waals surface area contributed by atoms with Gasteiger partial charge in [-0.05, 0) is 36.6 Å². The van der Waals surface area contributed by atoms with Crippen molar-refractivity contribution >= 4 is 17.0 Å². The second-order valence-corrected chi connectivity index (χ2v) is 6.34. The first-order valence-electron chi connectivity index (χ1n) is 7.14. The molecule has 0 spiro atoms. The first-order valence-corrected chi connectivity index (χ1v) is 7.95. The van der Waals surface area contributed by atoms with Crippen LogP contribution in [0.15, 0.2) is 42.6 Å². The van der Waals surface area contributed by atoms with Crippen molar-refractivity contribution in [2.75, 3.05) is 5.73 Å². The van der Waals surface area contributed by atoms with Gasteiger partial charge in [-0.1, -0.05) is 31.2 Å². The number of aryl methyl sites for hydroxylation is 2. The molecule has 0 radical (unpaired) electrons. The van der Waals surface area contributed by atoms with E-state index in [4.69, 9.17) is 5.73 Å². The highest BCUT2D eigenvalue weighted by atomic mass is 32.1. The molecule has 0 aliphatic heterocycles. The lowest BCUT2D eigenvalue weighted by Gasteiger charge is -2.05. The molecule has 0 saturated carbocycles. The lowest BCUT2D eigenvalue weighted by molar-refractivity contribution is 0.687. The molecule has 3 nitrogen and oxygen atoms in total. The van der Waals surface area contributed by atoms with Crippen molar-refractivity contribution in [1.82, 2.24) is 9.78 Å². The maximum atomic E-state index is 6.14. The van der Waals surface area contributed by atoms with Gasteiger partial charge in [-0.2, -0.15) is 5.10 Å². The number of hydrogen-bond acceptors (Lipinski definition) is 3. The first-order chi connectivity index (χ1) is 10.2. The summed E-state index contributed by atoms with van der Waals surface area (Å²) >= 11 is 1.77. The Morgan fingerprint density at radius 2 is 2.00 bits per heavy atom. The van der Waals surface area contributed by atoms with Crippen LogP contribution < -0.4 is 5.73 Å². The zero-order chi connectivity index (χ0) is 14.8. The molecule has 0 aliphatic rings. The molecule has 2 aromatic heterocycles. The monoisotopic (exact) mass is 297 g/mol. The summed E-state index contributed by atoms with van der Waals surface area (Å²) in [6.07, 6.45) is 2.97. The van der Waals surface area contributed by atoms with E-state index < -0.39 is 0 Å². The summed E-state index contributed by atoms with van der Waals surface area (Å²) in [6.45, 7) is 5.04. The maximum absolute atomic E-state index is 6.14. The van der Waals surface area contributed by atoms with E-state index >= 15 is 0 Å². The van der Waals surface area contributed by atoms with Gasteiger partial charge in [-0.3, -0.25) is 4.68 Å². The molecule has 2 N–H and O–H groups in total. The molecule has 0 bridgehead atoms. The molecule has 0 aliphatic carbocycles. The third kappa shape index (κ3) is 2.85. The van der Waals surface area contributed by atoms with E-state index in [0.29, 0.717) is 0 Å². The van der Waals surface area contributed by atoms with Gasteiger partial charge in [0.05, 0.1) is 17.1 Å². The normalized spacial score (nSPS) is 11.0. The number of anilines is 1. The SMILES string of the molecule is CCc1ccc(-c2nn(Cc3ccccc3C)cc2N)s1. The third-order valence-corrected chi connectivity index (χ3v) is 4.86. The van der Waals surface area contributed by atoms with Gasteiger partial charge in [0, 0.05) is 11.1 Å². The molecule has 21 heavy (non-hydrogen) atoms. The predicted octanol–water partition coefficient (Wildman–Crippen LogP) is 4.11. The predicted molar refractivity (Wildman–Crippen MR) is 89.6 cm³/mol. The molecular weight excluding hydrogens is 278 g/mol. The van der Waals surface area contributed by atoms with Gasteiger partial charge in [0.25, 0.3) is 0 Å². The zero-order valence-electron chi connectivity index (χ0n) is 12.3. The van der Waals surface area contributed by atoms with E-state index in [1.165, 1.54) is 16.0 Å². The van der Waals surface area contributed by atoms with Crippen LogP contribution in [0, 0.1) is 6.92 Å². The van der Waals surface area contributed by atoms with Crippen LogP contribution in [0.4, 0.5) is 5.69 Å². The minimum atomic E-state index is 0.744. The van der Waals surface area contributed by atoms with Crippen molar-refractivity contribution in [2.24, 2.45) is 0 Å². The van der Waals surface area contributed by atoms with Crippen molar-refractivity contribution < 1.29 is 0 Å². The fraction of sp³-hybridized carbons (Fsp3) is 0.235. The van der Waals surface area contributed by atoms with Crippen LogP contribution in [0.25, 0.3) is 10.6 Å². The molecule has 108 valence electrons. The minimum Gasteiger partial charge on any atom is -0.396 e. The fourth-order valence-corrected chi connectivity index (χ4v) is 3.32. The molecule has 0 fully saturated rings. The van der Waals surface area contributed by atoms with Crippen LogP contribution in [0.1, 0.15) is 22.9 Å². The topological polar surface area (TPSA) is 43.8 Å². The average molecular weight is 297 g/mol. The van der Waals surface area contributed by atoms with Gasteiger partial charge in [0.1, 0.15) is 5.69 Å². The maximum Gasteiger partial charge on any atom is 0.125 e. The highest BCUT2D eigenvalue weighted by molar-refractivity contribution is 7.15. The Labute approximate surface area is 129 Å². The van der Waals surface area contributed by atoms with E-state index in [0.717, 1.165) is 29.2 Å². The van der Waals surface area contributed by atoms with Crippen molar-refractivity contribution in [1.29, 1.82) is 0 Å². The van der Waals surface area contributed by atoms with E-state index in [2.05, 4.69) is 55.3 Å². The van der Waals surface area contributed by atoms with Gasteiger partial charge < -0.3 is 5.73 Å². The van der Waals surface area contributed by atoms with Gasteiger partial charge >= 0.3 is 0 Å². The summed E-state index contributed by atoms with van der Waals surface area (Å²) in [4.78, 5) is 2.51. The van der Waals surface area contributed by atoms with E-state index in [1.54, 1.807) is 11.3 Å². The van der Waals surface area contributed by atoms with Gasteiger partial charge in [0.2, 0.25) is 0 Å². The van der Waals surface area contributed by atoms with Gasteiger partial charge in [-0.15, -0.1) is 11.3 Å². The highest BCUT2D eigenvalue weighted by Gasteiger charge is 2.11. The Morgan fingerprint density at radius 1 is 1.19 bits per heavy atom. The highest BCUT2D eigenvalue weighted by Crippen LogP contribution is 2.31. The summed E-state index contributed by atoms with van der Waals surface area (Å²) in [5.41, 5.74) is 10.3. The fourth-order valence-electron chi connectivity index (χ4n) is 2.37. The number of hydrogen-bond donors (Lipinski definition) is 1. The van der Waals surface area contributed by atoms with Crippen molar-refractivity contribution in [3.8, 4) is 10.6 Å². The smallest absolute Gasteiger partial charge is 0.125 e. The standard InChI is InChI=1S/C17H19N3S/c1-3-14-8-9-16(21-14)17-15(18)11-20(19-17)10-13-7-5-4-6-12(13)2/h4-9,11H,3,10,18H2,1-2H3. The Morgan fingerprint density at radius 3 is 2.71 bits per heavy atom. The lowest BCUT2D eigenvalue weighted by Crippen LogP contribution is -2.01. The van der Waals surface area contributed by atoms with Crippen LogP contribution >= 0.6 is 11.3 Å². The molecule has 3 rings (SSSR count). The zero-order valence-corrected chi connectivity index (χ0v) is 13.2. The number of nitrogens with two attached hydrogens (primary N) is 1. The molecule has 4 heteroatoms. The Balaban J connectivity index is 1.89. The molecule has 0 atom stereocenters. The molecular formula is C17H19N3S. The number of rotatable bonds is 4. The quantitative estimate of drug-likeness (QED) is 0.787. The Bertz CT molecular complexity index is 755. The number of aromatic nitrogens is 2. The second-order valence-electron chi connectivity index (χ2n) is 5.18. The van der Waals surface area contributed by atoms with Gasteiger partial charge in [0.15, 0.2) is 0 Å². The summed E-state index contributed by atoms with van der Waals surface area (Å²) in [7, 11) is 0. The lowest BCUT2D eigenvalue weighted by atomic mass is 10.1. The molecule has 0 amide bonds. The Hall–Kier alpha value is -2.07. The summed E-state index contributed by atoms with van der Waals surface area (Å²) in [5, 5.41) is 4.67. The molecule has 0 unspecified atom stereocenters. The number of nitrogen functional groups attached to an aromatic ring is 1. The molecule has 3 aromatic rings. The molecule has 1 aromatic carbocycles. The van der Waals surface area contributed by atoms with Crippen LogP contribution in [-0.2, 0) is 13.0 Å². The molecule has 2 heterocycles. The van der Waals surface area contributed by atoms with Crippen molar-refractivity contribution in [3.05, 3.63) is 58.6 Å². The molecule has 0 saturated heterocycles. The van der Waals surface area contributed by atoms with E-state index in [1.807, 2.05) is 10.9 Å². The van der Waals surface area contributed by atoms with Crippen LogP contribution in [0.2, 0.25) is 0 Å². The largest absolute Gasteiger partial charge is 0.396 e. The van der Waals surface area contributed by atoms with Crippen LogP contribution in [-0.4, -0.2) is 9.78 Å². The number of benzene rings is 1. The average Bonchev–Trinajstić information content (AvgIpc) is 3.08. The van der Waals surface area contributed by atoms with Crippen molar-refractivity contribution in [2.45, 2.75) is 26.8 Å². The third-order valence-electron chi connectivity index (χ3n) is 3.63. The summed E-state index contributed by atoms with van der Waals surface area (Å²) < 4.78 is 1.93. The summed E-state index contributed by atoms with van der Waals surface area (Å²) in [5.74, 6) is 0. The second kappa shape index (κ2) is 5.74. The van der Waals surface area contributed by atoms with Crippen molar-refractivity contribution in [3.63, 3.8) is 0 Å². The first kappa shape index (κ1) is 13.9. The number of thiophene rings is 1. The minimum absolute atomic E-state index is 0.744. The van der Waals surface area contributed by atoms with E-state index in [9.17, 15) is 0 Å². The van der Waals surface area contributed by atoms with E-state index in [-0.39, 0.29) is 0 Å². The van der Waals surface area contributed by atoms with Gasteiger partial charge in [-0.25, -0.2) is 0 Å². The van der Waals surface area contributed by atoms with Crippen LogP contribution in [0.5, 0.6) is 0 Å². The summed E-state index contributed by atoms with van der Waals surface area (Å²) in [6, 6.07) is 12.6.